The first-order valence-corrected chi connectivity index (χ1v) is 7.10. The van der Waals surface area contributed by atoms with Crippen LogP contribution in [0.15, 0.2) is 30.3 Å². The van der Waals surface area contributed by atoms with Crippen LogP contribution in [0, 0.1) is 5.92 Å². The molecule has 2 unspecified atom stereocenters. The minimum absolute atomic E-state index is 0.0701. The number of hydrogen-bond donors (Lipinski definition) is 2. The molecule has 1 aromatic rings. The number of hydrogen-bond acceptors (Lipinski definition) is 3. The number of rotatable bonds is 8. The zero-order valence-corrected chi connectivity index (χ0v) is 12.7. The maximum atomic E-state index is 12.0. The molecule has 0 radical (unpaired) electrons. The van der Waals surface area contributed by atoms with Gasteiger partial charge in [0.2, 0.25) is 5.91 Å². The molecule has 0 fully saturated rings. The molecule has 21 heavy (non-hydrogen) atoms. The van der Waals surface area contributed by atoms with Crippen molar-refractivity contribution in [1.29, 1.82) is 0 Å². The van der Waals surface area contributed by atoms with Crippen molar-refractivity contribution in [2.45, 2.75) is 39.3 Å². The summed E-state index contributed by atoms with van der Waals surface area (Å²) >= 11 is 0. The monoisotopic (exact) mass is 293 g/mol. The Labute approximate surface area is 125 Å². The van der Waals surface area contributed by atoms with E-state index >= 15 is 0 Å². The quantitative estimate of drug-likeness (QED) is 0.771. The average Bonchev–Trinajstić information content (AvgIpc) is 2.44. The van der Waals surface area contributed by atoms with Gasteiger partial charge in [0, 0.05) is 6.42 Å². The predicted molar refractivity (Wildman–Crippen MR) is 79.8 cm³/mol. The molecule has 0 saturated carbocycles. The number of carbonyl (C=O) groups excluding carboxylic acids is 1. The van der Waals surface area contributed by atoms with E-state index in [0.29, 0.717) is 6.61 Å². The van der Waals surface area contributed by atoms with Crippen LogP contribution < -0.4 is 5.32 Å². The highest BCUT2D eigenvalue weighted by atomic mass is 16.5. The predicted octanol–water partition coefficient (Wildman–Crippen LogP) is 2.38. The lowest BCUT2D eigenvalue weighted by molar-refractivity contribution is -0.142. The molecule has 5 heteroatoms. The molecular formula is C16H23NO4. The molecule has 0 aliphatic carbocycles. The van der Waals surface area contributed by atoms with Crippen LogP contribution in [-0.2, 0) is 14.3 Å². The molecular weight excluding hydrogens is 270 g/mol. The highest BCUT2D eigenvalue weighted by molar-refractivity contribution is 5.78. The van der Waals surface area contributed by atoms with E-state index in [0.717, 1.165) is 5.56 Å². The van der Waals surface area contributed by atoms with E-state index in [1.165, 1.54) is 0 Å². The number of ether oxygens (including phenoxy) is 1. The molecule has 0 heterocycles. The van der Waals surface area contributed by atoms with Gasteiger partial charge in [0.05, 0.1) is 24.7 Å². The van der Waals surface area contributed by atoms with Crippen LogP contribution in [0.5, 0.6) is 0 Å². The molecule has 2 N–H and O–H groups in total. The minimum Gasteiger partial charge on any atom is -0.481 e. The van der Waals surface area contributed by atoms with Crippen molar-refractivity contribution < 1.29 is 19.4 Å². The third-order valence-corrected chi connectivity index (χ3v) is 3.15. The Kier molecular flexibility index (Phi) is 6.88. The zero-order chi connectivity index (χ0) is 15.8. The Morgan fingerprint density at radius 3 is 2.33 bits per heavy atom. The molecule has 1 rings (SSSR count). The largest absolute Gasteiger partial charge is 0.481 e. The van der Waals surface area contributed by atoms with E-state index in [4.69, 9.17) is 4.74 Å². The third kappa shape index (κ3) is 5.95. The van der Waals surface area contributed by atoms with Crippen LogP contribution in [0.25, 0.3) is 0 Å². The molecule has 5 nitrogen and oxygen atoms in total. The average molecular weight is 293 g/mol. The second kappa shape index (κ2) is 8.42. The van der Waals surface area contributed by atoms with Crippen LogP contribution in [0.4, 0.5) is 0 Å². The normalized spacial score (nSPS) is 13.7. The fourth-order valence-corrected chi connectivity index (χ4v) is 1.93. The van der Waals surface area contributed by atoms with E-state index in [1.54, 1.807) is 6.92 Å². The Balaban J connectivity index is 2.70. The van der Waals surface area contributed by atoms with Crippen LogP contribution in [0.2, 0.25) is 0 Å². The molecule has 1 amide bonds. The molecule has 116 valence electrons. The number of carboxylic acids is 1. The number of nitrogens with one attached hydrogen (secondary N) is 1. The van der Waals surface area contributed by atoms with E-state index in [2.05, 4.69) is 5.32 Å². The second-order valence-corrected chi connectivity index (χ2v) is 5.25. The zero-order valence-electron chi connectivity index (χ0n) is 12.7. The summed E-state index contributed by atoms with van der Waals surface area (Å²) in [5, 5.41) is 12.0. The smallest absolute Gasteiger partial charge is 0.308 e. The van der Waals surface area contributed by atoms with Gasteiger partial charge >= 0.3 is 5.97 Å². The van der Waals surface area contributed by atoms with E-state index in [9.17, 15) is 14.7 Å². The second-order valence-electron chi connectivity index (χ2n) is 5.25. The summed E-state index contributed by atoms with van der Waals surface area (Å²) in [4.78, 5) is 23.2. The van der Waals surface area contributed by atoms with Crippen molar-refractivity contribution in [2.24, 2.45) is 5.92 Å². The molecule has 0 bridgehead atoms. The van der Waals surface area contributed by atoms with Crippen molar-refractivity contribution in [3.8, 4) is 0 Å². The molecule has 2 atom stereocenters. The first kappa shape index (κ1) is 17.2. The van der Waals surface area contributed by atoms with Gasteiger partial charge in [-0.3, -0.25) is 9.59 Å². The minimum atomic E-state index is -0.942. The first-order valence-electron chi connectivity index (χ1n) is 7.10. The van der Waals surface area contributed by atoms with Gasteiger partial charge in [-0.05, 0) is 26.3 Å². The van der Waals surface area contributed by atoms with Crippen LogP contribution in [0.3, 0.4) is 0 Å². The first-order chi connectivity index (χ1) is 9.91. The molecule has 0 aliphatic heterocycles. The van der Waals surface area contributed by atoms with Crippen molar-refractivity contribution in [2.75, 3.05) is 6.61 Å². The fraction of sp³-hybridized carbons (Fsp3) is 0.500. The summed E-state index contributed by atoms with van der Waals surface area (Å²) in [7, 11) is 0. The summed E-state index contributed by atoms with van der Waals surface area (Å²) in [6.45, 7) is 5.71. The summed E-state index contributed by atoms with van der Waals surface area (Å²) in [5.74, 6) is -1.86. The Bertz CT molecular complexity index is 459. The maximum Gasteiger partial charge on any atom is 0.308 e. The van der Waals surface area contributed by atoms with Gasteiger partial charge < -0.3 is 15.2 Å². The van der Waals surface area contributed by atoms with Gasteiger partial charge in [-0.15, -0.1) is 0 Å². The van der Waals surface area contributed by atoms with Gasteiger partial charge in [0.25, 0.3) is 0 Å². The molecule has 1 aromatic carbocycles. The van der Waals surface area contributed by atoms with Crippen molar-refractivity contribution in [1.82, 2.24) is 5.32 Å². The van der Waals surface area contributed by atoms with E-state index in [-0.39, 0.29) is 18.4 Å². The lowest BCUT2D eigenvalue weighted by atomic mass is 9.94. The van der Waals surface area contributed by atoms with Crippen LogP contribution >= 0.6 is 0 Å². The Morgan fingerprint density at radius 2 is 1.81 bits per heavy atom. The summed E-state index contributed by atoms with van der Waals surface area (Å²) in [6.07, 6.45) is 0.286. The SMILES string of the molecule is CC(C)OCCC(=O)NC(c1ccccc1)C(C)C(=O)O. The maximum absolute atomic E-state index is 12.0. The number of carboxylic acid groups (broad SMARTS) is 1. The van der Waals surface area contributed by atoms with E-state index in [1.807, 2.05) is 44.2 Å². The standard InChI is InChI=1S/C16H23NO4/c1-11(2)21-10-9-14(18)17-15(12(3)16(19)20)13-7-5-4-6-8-13/h4-8,11-12,15H,9-10H2,1-3H3,(H,17,18)(H,19,20). The Morgan fingerprint density at radius 1 is 1.19 bits per heavy atom. The number of aliphatic carboxylic acids is 1. The molecule has 0 saturated heterocycles. The van der Waals surface area contributed by atoms with Crippen molar-refractivity contribution in [3.05, 3.63) is 35.9 Å². The highest BCUT2D eigenvalue weighted by Gasteiger charge is 2.26. The fourth-order valence-electron chi connectivity index (χ4n) is 1.93. The lowest BCUT2D eigenvalue weighted by Crippen LogP contribution is -2.36. The molecule has 0 aliphatic rings. The van der Waals surface area contributed by atoms with Gasteiger partial charge in [0.15, 0.2) is 0 Å². The van der Waals surface area contributed by atoms with Crippen molar-refractivity contribution >= 4 is 11.9 Å². The van der Waals surface area contributed by atoms with Crippen LogP contribution in [-0.4, -0.2) is 29.7 Å². The van der Waals surface area contributed by atoms with Gasteiger partial charge in [0.1, 0.15) is 0 Å². The highest BCUT2D eigenvalue weighted by Crippen LogP contribution is 2.22. The summed E-state index contributed by atoms with van der Waals surface area (Å²) in [6, 6.07) is 8.58. The van der Waals surface area contributed by atoms with Gasteiger partial charge in [-0.2, -0.15) is 0 Å². The van der Waals surface area contributed by atoms with Crippen molar-refractivity contribution in [3.63, 3.8) is 0 Å². The lowest BCUT2D eigenvalue weighted by Gasteiger charge is -2.23. The number of benzene rings is 1. The third-order valence-electron chi connectivity index (χ3n) is 3.15. The molecule has 0 spiro atoms. The summed E-state index contributed by atoms with van der Waals surface area (Å²) in [5.41, 5.74) is 0.783. The van der Waals surface area contributed by atoms with E-state index < -0.39 is 17.9 Å². The number of carbonyl (C=O) groups is 2. The van der Waals surface area contributed by atoms with Gasteiger partial charge in [-0.1, -0.05) is 30.3 Å². The Hall–Kier alpha value is -1.88. The van der Waals surface area contributed by atoms with Crippen LogP contribution in [0.1, 0.15) is 38.8 Å². The van der Waals surface area contributed by atoms with Gasteiger partial charge in [-0.25, -0.2) is 0 Å². The summed E-state index contributed by atoms with van der Waals surface area (Å²) < 4.78 is 5.33. The molecule has 0 aromatic heterocycles. The topological polar surface area (TPSA) is 75.6 Å². The number of amides is 1.